The van der Waals surface area contributed by atoms with Crippen LogP contribution in [0, 0.1) is 5.92 Å². The Balaban J connectivity index is 2.40. The Bertz CT molecular complexity index is 224. The molecule has 0 aromatic rings. The molecule has 0 saturated heterocycles. The van der Waals surface area contributed by atoms with E-state index in [1.54, 1.807) is 0 Å². The molecule has 0 heterocycles. The number of hydrogen-bond acceptors (Lipinski definition) is 3. The van der Waals surface area contributed by atoms with E-state index in [9.17, 15) is 4.79 Å². The van der Waals surface area contributed by atoms with Crippen molar-refractivity contribution in [2.24, 2.45) is 5.92 Å². The molecular formula is C14H27NO2. The molecule has 1 saturated carbocycles. The molecular weight excluding hydrogens is 214 g/mol. The fourth-order valence-electron chi connectivity index (χ4n) is 2.68. The van der Waals surface area contributed by atoms with Crippen molar-refractivity contribution < 1.29 is 9.53 Å². The molecule has 0 aromatic carbocycles. The van der Waals surface area contributed by atoms with Gasteiger partial charge in [0.25, 0.3) is 0 Å². The van der Waals surface area contributed by atoms with Gasteiger partial charge >= 0.3 is 5.97 Å². The van der Waals surface area contributed by atoms with Crippen molar-refractivity contribution >= 4 is 5.97 Å². The molecule has 1 aliphatic carbocycles. The molecule has 100 valence electrons. The molecule has 1 unspecified atom stereocenters. The number of hydrogen-bond donors (Lipinski definition) is 1. The van der Waals surface area contributed by atoms with E-state index in [1.807, 2.05) is 13.8 Å². The van der Waals surface area contributed by atoms with Crippen LogP contribution in [0.1, 0.15) is 59.3 Å². The fraction of sp³-hybridized carbons (Fsp3) is 0.929. The predicted octanol–water partition coefficient (Wildman–Crippen LogP) is 2.89. The van der Waals surface area contributed by atoms with Crippen molar-refractivity contribution in [2.45, 2.75) is 71.4 Å². The zero-order valence-electron chi connectivity index (χ0n) is 11.5. The first-order chi connectivity index (χ1) is 8.19. The zero-order chi connectivity index (χ0) is 12.7. The van der Waals surface area contributed by atoms with Gasteiger partial charge in [-0.2, -0.15) is 0 Å². The lowest BCUT2D eigenvalue weighted by atomic mass is 9.84. The minimum Gasteiger partial charge on any atom is -0.465 e. The lowest BCUT2D eigenvalue weighted by molar-refractivity contribution is -0.146. The van der Waals surface area contributed by atoms with Crippen molar-refractivity contribution in [3.63, 3.8) is 0 Å². The summed E-state index contributed by atoms with van der Waals surface area (Å²) in [5.74, 6) is 0.630. The van der Waals surface area contributed by atoms with Crippen LogP contribution in [0.4, 0.5) is 0 Å². The second-order valence-corrected chi connectivity index (χ2v) is 5.07. The minimum absolute atomic E-state index is 0.0994. The van der Waals surface area contributed by atoms with Crippen LogP contribution < -0.4 is 5.32 Å². The number of nitrogens with one attached hydrogen (secondary N) is 1. The lowest BCUT2D eigenvalue weighted by Crippen LogP contribution is -2.46. The average Bonchev–Trinajstić information content (AvgIpc) is 2.37. The summed E-state index contributed by atoms with van der Waals surface area (Å²) in [7, 11) is 0. The normalized spacial score (nSPS) is 20.9. The van der Waals surface area contributed by atoms with Crippen molar-refractivity contribution in [1.29, 1.82) is 0 Å². The summed E-state index contributed by atoms with van der Waals surface area (Å²) in [6, 6.07) is 0.288. The third kappa shape index (κ3) is 4.66. The molecule has 1 aliphatic rings. The van der Waals surface area contributed by atoms with Crippen molar-refractivity contribution in [3.05, 3.63) is 0 Å². The van der Waals surface area contributed by atoms with Gasteiger partial charge in [-0.1, -0.05) is 26.2 Å². The Morgan fingerprint density at radius 2 is 1.94 bits per heavy atom. The summed E-state index contributed by atoms with van der Waals surface area (Å²) in [6.07, 6.45) is 7.45. The highest BCUT2D eigenvalue weighted by atomic mass is 16.5. The van der Waals surface area contributed by atoms with Crippen LogP contribution >= 0.6 is 0 Å². The maximum absolute atomic E-state index is 11.7. The topological polar surface area (TPSA) is 38.3 Å². The van der Waals surface area contributed by atoms with Gasteiger partial charge in [0.05, 0.1) is 6.61 Å². The number of ether oxygens (including phenoxy) is 1. The van der Waals surface area contributed by atoms with Crippen molar-refractivity contribution in [2.75, 3.05) is 6.61 Å². The van der Waals surface area contributed by atoms with Gasteiger partial charge < -0.3 is 10.1 Å². The maximum Gasteiger partial charge on any atom is 0.323 e. The van der Waals surface area contributed by atoms with Crippen LogP contribution in [-0.2, 0) is 9.53 Å². The Morgan fingerprint density at radius 1 is 1.29 bits per heavy atom. The van der Waals surface area contributed by atoms with Crippen LogP contribution in [0.5, 0.6) is 0 Å². The molecule has 1 rings (SSSR count). The standard InChI is InChI=1S/C14H27NO2/c1-4-13(14(16)17-5-2)15-11(3)12-9-7-6-8-10-12/h11-13,15H,4-10H2,1-3H3/t11-,13?/m1/s1. The summed E-state index contributed by atoms with van der Waals surface area (Å²) in [5, 5.41) is 3.45. The second kappa shape index (κ2) is 7.70. The summed E-state index contributed by atoms with van der Waals surface area (Å²) < 4.78 is 5.08. The summed E-state index contributed by atoms with van der Waals surface area (Å²) in [5.41, 5.74) is 0. The van der Waals surface area contributed by atoms with Gasteiger partial charge in [-0.15, -0.1) is 0 Å². The molecule has 0 radical (unpaired) electrons. The largest absolute Gasteiger partial charge is 0.465 e. The van der Waals surface area contributed by atoms with Crippen LogP contribution in [0.15, 0.2) is 0 Å². The average molecular weight is 241 g/mol. The molecule has 3 nitrogen and oxygen atoms in total. The van der Waals surface area contributed by atoms with E-state index in [4.69, 9.17) is 4.74 Å². The third-order valence-corrected chi connectivity index (χ3v) is 3.80. The van der Waals surface area contributed by atoms with Crippen LogP contribution in [0.25, 0.3) is 0 Å². The van der Waals surface area contributed by atoms with Gasteiger partial charge in [0, 0.05) is 6.04 Å². The van der Waals surface area contributed by atoms with Crippen LogP contribution in [0.3, 0.4) is 0 Å². The number of carbonyl (C=O) groups excluding carboxylic acids is 1. The zero-order valence-corrected chi connectivity index (χ0v) is 11.5. The van der Waals surface area contributed by atoms with E-state index >= 15 is 0 Å². The van der Waals surface area contributed by atoms with Crippen LogP contribution in [0.2, 0.25) is 0 Å². The van der Waals surface area contributed by atoms with E-state index in [1.165, 1.54) is 32.1 Å². The first-order valence-corrected chi connectivity index (χ1v) is 7.11. The van der Waals surface area contributed by atoms with E-state index in [2.05, 4.69) is 12.2 Å². The molecule has 0 aromatic heterocycles. The molecule has 3 heteroatoms. The van der Waals surface area contributed by atoms with Gasteiger partial charge in [-0.25, -0.2) is 0 Å². The molecule has 0 bridgehead atoms. The summed E-state index contributed by atoms with van der Waals surface area (Å²) >= 11 is 0. The minimum atomic E-state index is -0.133. The van der Waals surface area contributed by atoms with Crippen molar-refractivity contribution in [3.8, 4) is 0 Å². The molecule has 1 fully saturated rings. The highest BCUT2D eigenvalue weighted by Crippen LogP contribution is 2.26. The predicted molar refractivity (Wildman–Crippen MR) is 69.9 cm³/mol. The van der Waals surface area contributed by atoms with E-state index in [0.29, 0.717) is 12.6 Å². The Labute approximate surface area is 105 Å². The Kier molecular flexibility index (Phi) is 6.56. The second-order valence-electron chi connectivity index (χ2n) is 5.07. The molecule has 17 heavy (non-hydrogen) atoms. The lowest BCUT2D eigenvalue weighted by Gasteiger charge is -2.30. The first kappa shape index (κ1) is 14.5. The first-order valence-electron chi connectivity index (χ1n) is 7.11. The monoisotopic (exact) mass is 241 g/mol. The van der Waals surface area contributed by atoms with Gasteiger partial charge in [-0.3, -0.25) is 4.79 Å². The Morgan fingerprint density at radius 3 is 2.47 bits per heavy atom. The van der Waals surface area contributed by atoms with Gasteiger partial charge in [0.15, 0.2) is 0 Å². The quantitative estimate of drug-likeness (QED) is 0.727. The maximum atomic E-state index is 11.7. The third-order valence-electron chi connectivity index (χ3n) is 3.80. The van der Waals surface area contributed by atoms with Gasteiger partial charge in [0.1, 0.15) is 6.04 Å². The van der Waals surface area contributed by atoms with E-state index in [0.717, 1.165) is 12.3 Å². The summed E-state index contributed by atoms with van der Waals surface area (Å²) in [6.45, 7) is 6.56. The number of rotatable bonds is 6. The van der Waals surface area contributed by atoms with E-state index in [-0.39, 0.29) is 12.0 Å². The van der Waals surface area contributed by atoms with Crippen molar-refractivity contribution in [1.82, 2.24) is 5.32 Å². The fourth-order valence-corrected chi connectivity index (χ4v) is 2.68. The molecule has 2 atom stereocenters. The smallest absolute Gasteiger partial charge is 0.323 e. The van der Waals surface area contributed by atoms with Gasteiger partial charge in [-0.05, 0) is 39.0 Å². The SMILES string of the molecule is CCOC(=O)C(CC)N[C@H](C)C1CCCCC1. The molecule has 0 amide bonds. The number of carbonyl (C=O) groups is 1. The van der Waals surface area contributed by atoms with E-state index < -0.39 is 0 Å². The molecule has 0 spiro atoms. The Hall–Kier alpha value is -0.570. The summed E-state index contributed by atoms with van der Waals surface area (Å²) in [4.78, 5) is 11.7. The molecule has 0 aliphatic heterocycles. The van der Waals surface area contributed by atoms with Crippen LogP contribution in [-0.4, -0.2) is 24.7 Å². The highest BCUT2D eigenvalue weighted by Gasteiger charge is 2.25. The van der Waals surface area contributed by atoms with Gasteiger partial charge in [0.2, 0.25) is 0 Å². The molecule has 1 N–H and O–H groups in total. The highest BCUT2D eigenvalue weighted by molar-refractivity contribution is 5.75. The number of esters is 1.